The largest absolute Gasteiger partial charge is 1.00 e. The lowest BCUT2D eigenvalue weighted by atomic mass is 10.2. The summed E-state index contributed by atoms with van der Waals surface area (Å²) in [5, 5.41) is 0. The molecule has 0 spiro atoms. The Kier molecular flexibility index (Phi) is 8.29. The molecule has 106 valence electrons. The molecule has 0 unspecified atom stereocenters. The number of halogens is 1. The maximum atomic E-state index is 11.7. The molecule has 0 N–H and O–H groups in total. The zero-order valence-electron chi connectivity index (χ0n) is 11.3. The van der Waals surface area contributed by atoms with E-state index < -0.39 is 11.9 Å². The van der Waals surface area contributed by atoms with E-state index in [1.165, 1.54) is 6.07 Å². The second-order valence-corrected chi connectivity index (χ2v) is 3.58. The SMILES string of the molecule is CCOC(=O)c1cc(C(=O)OCC)c[n+](CC)c1.[I-]. The van der Waals surface area contributed by atoms with E-state index in [0.29, 0.717) is 30.9 Å². The van der Waals surface area contributed by atoms with Gasteiger partial charge in [0.25, 0.3) is 0 Å². The first-order chi connectivity index (χ1) is 8.62. The molecular weight excluding hydrogens is 361 g/mol. The standard InChI is InChI=1S/C13H18NO4.HI/c1-4-14-8-10(12(15)17-5-2)7-11(9-14)13(16)18-6-3;/h7-9H,4-6H2,1-3H3;1H/q+1;/p-1. The van der Waals surface area contributed by atoms with Crippen LogP contribution in [0.1, 0.15) is 41.5 Å². The van der Waals surface area contributed by atoms with Gasteiger partial charge in [0, 0.05) is 0 Å². The van der Waals surface area contributed by atoms with Gasteiger partial charge in [-0.2, -0.15) is 0 Å². The Morgan fingerprint density at radius 1 is 1.00 bits per heavy atom. The maximum Gasteiger partial charge on any atom is 0.344 e. The summed E-state index contributed by atoms with van der Waals surface area (Å²) in [6, 6.07) is 1.49. The second kappa shape index (κ2) is 8.84. The summed E-state index contributed by atoms with van der Waals surface area (Å²) in [4.78, 5) is 23.3. The Labute approximate surface area is 129 Å². The predicted molar refractivity (Wildman–Crippen MR) is 64.2 cm³/mol. The van der Waals surface area contributed by atoms with Crippen molar-refractivity contribution in [3.63, 3.8) is 0 Å². The first kappa shape index (κ1) is 17.8. The van der Waals surface area contributed by atoms with Crippen LogP contribution < -0.4 is 28.5 Å². The van der Waals surface area contributed by atoms with E-state index in [4.69, 9.17) is 9.47 Å². The highest BCUT2D eigenvalue weighted by Gasteiger charge is 2.18. The van der Waals surface area contributed by atoms with Crippen LogP contribution in [0.2, 0.25) is 0 Å². The molecule has 19 heavy (non-hydrogen) atoms. The number of aryl methyl sites for hydroxylation is 1. The minimum atomic E-state index is -0.439. The summed E-state index contributed by atoms with van der Waals surface area (Å²) in [5.41, 5.74) is 0.702. The molecule has 0 saturated heterocycles. The number of ether oxygens (including phenoxy) is 2. The van der Waals surface area contributed by atoms with Crippen molar-refractivity contribution in [1.29, 1.82) is 0 Å². The Hall–Kier alpha value is -1.18. The molecule has 0 saturated carbocycles. The van der Waals surface area contributed by atoms with Gasteiger partial charge in [0.2, 0.25) is 0 Å². The van der Waals surface area contributed by atoms with Gasteiger partial charge in [0.05, 0.1) is 13.2 Å². The molecule has 0 amide bonds. The fourth-order valence-electron chi connectivity index (χ4n) is 1.47. The van der Waals surface area contributed by atoms with Crippen LogP contribution in [0.3, 0.4) is 0 Å². The van der Waals surface area contributed by atoms with E-state index in [1.807, 2.05) is 6.92 Å². The highest BCUT2D eigenvalue weighted by atomic mass is 127. The van der Waals surface area contributed by atoms with Crippen LogP contribution in [-0.2, 0) is 16.0 Å². The van der Waals surface area contributed by atoms with Crippen molar-refractivity contribution < 1.29 is 47.6 Å². The summed E-state index contributed by atoms with van der Waals surface area (Å²) in [6.07, 6.45) is 3.31. The molecule has 0 radical (unpaired) electrons. The Morgan fingerprint density at radius 2 is 1.42 bits per heavy atom. The number of carbonyl (C=O) groups excluding carboxylic acids is 2. The molecule has 0 aliphatic rings. The minimum Gasteiger partial charge on any atom is -1.00 e. The topological polar surface area (TPSA) is 56.5 Å². The molecule has 0 aliphatic carbocycles. The number of hydrogen-bond acceptors (Lipinski definition) is 4. The van der Waals surface area contributed by atoms with Crippen molar-refractivity contribution in [2.24, 2.45) is 0 Å². The lowest BCUT2D eigenvalue weighted by Crippen LogP contribution is -3.00. The van der Waals surface area contributed by atoms with Crippen molar-refractivity contribution in [3.05, 3.63) is 29.6 Å². The lowest BCUT2D eigenvalue weighted by Gasteiger charge is -2.04. The van der Waals surface area contributed by atoms with Gasteiger partial charge in [-0.05, 0) is 26.8 Å². The van der Waals surface area contributed by atoms with Crippen LogP contribution in [0.5, 0.6) is 0 Å². The fraction of sp³-hybridized carbons (Fsp3) is 0.462. The van der Waals surface area contributed by atoms with Crippen LogP contribution in [-0.4, -0.2) is 25.2 Å². The molecule has 1 aromatic rings. The first-order valence-electron chi connectivity index (χ1n) is 6.00. The van der Waals surface area contributed by atoms with Crippen LogP contribution in [0.25, 0.3) is 0 Å². The van der Waals surface area contributed by atoms with Crippen molar-refractivity contribution in [2.75, 3.05) is 13.2 Å². The van der Waals surface area contributed by atoms with E-state index in [-0.39, 0.29) is 24.0 Å². The van der Waals surface area contributed by atoms with Crippen LogP contribution >= 0.6 is 0 Å². The normalized spacial score (nSPS) is 9.42. The van der Waals surface area contributed by atoms with Gasteiger partial charge in [-0.15, -0.1) is 0 Å². The molecule has 1 heterocycles. The molecule has 1 rings (SSSR count). The molecule has 1 aromatic heterocycles. The van der Waals surface area contributed by atoms with Gasteiger partial charge >= 0.3 is 11.9 Å². The monoisotopic (exact) mass is 379 g/mol. The molecular formula is C13H18INO4. The maximum absolute atomic E-state index is 11.7. The fourth-order valence-corrected chi connectivity index (χ4v) is 1.47. The average molecular weight is 379 g/mol. The quantitative estimate of drug-likeness (QED) is 0.350. The highest BCUT2D eigenvalue weighted by Crippen LogP contribution is 2.05. The van der Waals surface area contributed by atoms with E-state index in [1.54, 1.807) is 30.8 Å². The number of hydrogen-bond donors (Lipinski definition) is 0. The minimum absolute atomic E-state index is 0. The third kappa shape index (κ3) is 5.14. The van der Waals surface area contributed by atoms with Gasteiger partial charge < -0.3 is 33.5 Å². The first-order valence-corrected chi connectivity index (χ1v) is 6.00. The van der Waals surface area contributed by atoms with Crippen molar-refractivity contribution in [1.82, 2.24) is 0 Å². The molecule has 0 aliphatic heterocycles. The van der Waals surface area contributed by atoms with Crippen molar-refractivity contribution in [2.45, 2.75) is 27.3 Å². The van der Waals surface area contributed by atoms with Gasteiger partial charge in [-0.1, -0.05) is 0 Å². The van der Waals surface area contributed by atoms with Gasteiger partial charge in [0.1, 0.15) is 17.7 Å². The second-order valence-electron chi connectivity index (χ2n) is 3.58. The van der Waals surface area contributed by atoms with E-state index in [0.717, 1.165) is 0 Å². The van der Waals surface area contributed by atoms with E-state index >= 15 is 0 Å². The van der Waals surface area contributed by atoms with E-state index in [9.17, 15) is 9.59 Å². The van der Waals surface area contributed by atoms with E-state index in [2.05, 4.69) is 0 Å². The van der Waals surface area contributed by atoms with Crippen LogP contribution in [0.15, 0.2) is 18.5 Å². The Morgan fingerprint density at radius 3 is 1.74 bits per heavy atom. The summed E-state index contributed by atoms with van der Waals surface area (Å²) in [7, 11) is 0. The summed E-state index contributed by atoms with van der Waals surface area (Å²) < 4.78 is 11.6. The molecule has 0 fully saturated rings. The molecule has 0 aromatic carbocycles. The summed E-state index contributed by atoms with van der Waals surface area (Å²) in [5.74, 6) is -0.878. The third-order valence-electron chi connectivity index (χ3n) is 2.31. The van der Waals surface area contributed by atoms with Gasteiger partial charge in [0.15, 0.2) is 12.4 Å². The third-order valence-corrected chi connectivity index (χ3v) is 2.31. The van der Waals surface area contributed by atoms with Crippen LogP contribution in [0, 0.1) is 0 Å². The number of esters is 2. The Balaban J connectivity index is 0.00000324. The molecule has 0 bridgehead atoms. The average Bonchev–Trinajstić information content (AvgIpc) is 2.38. The number of rotatable bonds is 5. The number of pyridine rings is 1. The number of nitrogens with zero attached hydrogens (tertiary/aromatic N) is 1. The zero-order valence-corrected chi connectivity index (χ0v) is 13.5. The van der Waals surface area contributed by atoms with Crippen molar-refractivity contribution >= 4 is 11.9 Å². The molecule has 5 nitrogen and oxygen atoms in total. The summed E-state index contributed by atoms with van der Waals surface area (Å²) in [6.45, 7) is 6.65. The van der Waals surface area contributed by atoms with Gasteiger partial charge in [-0.25, -0.2) is 14.2 Å². The van der Waals surface area contributed by atoms with Crippen molar-refractivity contribution in [3.8, 4) is 0 Å². The number of aromatic nitrogens is 1. The van der Waals surface area contributed by atoms with Crippen LogP contribution in [0.4, 0.5) is 0 Å². The zero-order chi connectivity index (χ0) is 13.5. The Bertz CT molecular complexity index is 412. The smallest absolute Gasteiger partial charge is 0.344 e. The predicted octanol–water partition coefficient (Wildman–Crippen LogP) is -1.65. The highest BCUT2D eigenvalue weighted by molar-refractivity contribution is 5.94. The van der Waals surface area contributed by atoms with Gasteiger partial charge in [-0.3, -0.25) is 0 Å². The molecule has 0 atom stereocenters. The lowest BCUT2D eigenvalue weighted by molar-refractivity contribution is -0.693. The number of carbonyl (C=O) groups is 2. The molecule has 6 heteroatoms. The summed E-state index contributed by atoms with van der Waals surface area (Å²) >= 11 is 0.